The smallest absolute Gasteiger partial charge is 0.270 e. The lowest BCUT2D eigenvalue weighted by atomic mass is 10.0. The second-order valence-electron chi connectivity index (χ2n) is 5.69. The molecular formula is C14H18N4O2S. The number of thiazole rings is 1. The van der Waals surface area contributed by atoms with Crippen molar-refractivity contribution in [3.63, 3.8) is 0 Å². The van der Waals surface area contributed by atoms with E-state index < -0.39 is 0 Å². The van der Waals surface area contributed by atoms with Crippen LogP contribution in [0, 0.1) is 6.92 Å². The molecule has 6 nitrogen and oxygen atoms in total. The van der Waals surface area contributed by atoms with Gasteiger partial charge < -0.3 is 9.26 Å². The van der Waals surface area contributed by atoms with E-state index >= 15 is 0 Å². The maximum Gasteiger partial charge on any atom is 0.270 e. The number of rotatable bonds is 2. The van der Waals surface area contributed by atoms with E-state index in [9.17, 15) is 0 Å². The fourth-order valence-corrected chi connectivity index (χ4v) is 3.83. The maximum atomic E-state index is 5.96. The normalized spacial score (nSPS) is 26.7. The van der Waals surface area contributed by atoms with Crippen LogP contribution in [0.2, 0.25) is 0 Å². The van der Waals surface area contributed by atoms with E-state index in [0.29, 0.717) is 17.8 Å². The third-order valence-electron chi connectivity index (χ3n) is 4.31. The van der Waals surface area contributed by atoms with E-state index in [1.165, 1.54) is 30.6 Å². The van der Waals surface area contributed by atoms with Crippen molar-refractivity contribution < 1.29 is 9.26 Å². The first kappa shape index (κ1) is 13.4. The summed E-state index contributed by atoms with van der Waals surface area (Å²) in [5.41, 5.74) is 2.72. The lowest BCUT2D eigenvalue weighted by Crippen LogP contribution is -2.49. The number of ether oxygens (including phenoxy) is 1. The number of fused-ring (bicyclic) bond motifs is 1. The zero-order chi connectivity index (χ0) is 14.2. The van der Waals surface area contributed by atoms with Crippen LogP contribution < -0.4 is 0 Å². The molecule has 7 heteroatoms. The number of aromatic nitrogens is 3. The molecule has 21 heavy (non-hydrogen) atoms. The van der Waals surface area contributed by atoms with Crippen molar-refractivity contribution in [2.45, 2.75) is 38.3 Å². The van der Waals surface area contributed by atoms with Crippen molar-refractivity contribution in [1.82, 2.24) is 20.0 Å². The van der Waals surface area contributed by atoms with Crippen LogP contribution in [0.1, 0.15) is 36.9 Å². The van der Waals surface area contributed by atoms with E-state index in [1.54, 1.807) is 5.51 Å². The second kappa shape index (κ2) is 5.47. The Morgan fingerprint density at radius 2 is 2.33 bits per heavy atom. The van der Waals surface area contributed by atoms with Gasteiger partial charge in [-0.3, -0.25) is 4.90 Å². The van der Waals surface area contributed by atoms with Gasteiger partial charge in [-0.25, -0.2) is 4.98 Å². The Balaban J connectivity index is 1.52. The number of hydrogen-bond donors (Lipinski definition) is 0. The topological polar surface area (TPSA) is 64.3 Å². The maximum absolute atomic E-state index is 5.96. The Labute approximate surface area is 127 Å². The molecule has 2 atom stereocenters. The van der Waals surface area contributed by atoms with Gasteiger partial charge in [-0.2, -0.15) is 4.98 Å². The van der Waals surface area contributed by atoms with E-state index in [4.69, 9.17) is 9.26 Å². The van der Waals surface area contributed by atoms with Gasteiger partial charge in [0.15, 0.2) is 0 Å². The molecule has 4 rings (SSSR count). The molecule has 2 fully saturated rings. The molecule has 112 valence electrons. The molecule has 2 aliphatic rings. The van der Waals surface area contributed by atoms with Gasteiger partial charge >= 0.3 is 0 Å². The van der Waals surface area contributed by atoms with Crippen LogP contribution in [-0.4, -0.2) is 45.8 Å². The first-order valence-electron chi connectivity index (χ1n) is 7.41. The van der Waals surface area contributed by atoms with Crippen molar-refractivity contribution in [2.75, 3.05) is 19.7 Å². The van der Waals surface area contributed by atoms with E-state index in [2.05, 4.69) is 20.0 Å². The largest absolute Gasteiger partial charge is 0.367 e. The van der Waals surface area contributed by atoms with Crippen LogP contribution in [0.4, 0.5) is 0 Å². The highest BCUT2D eigenvalue weighted by Gasteiger charge is 2.33. The van der Waals surface area contributed by atoms with Gasteiger partial charge in [-0.1, -0.05) is 11.6 Å². The summed E-state index contributed by atoms with van der Waals surface area (Å²) in [4.78, 5) is 12.2. The van der Waals surface area contributed by atoms with Crippen LogP contribution >= 0.6 is 11.3 Å². The standard InChI is InChI=1S/C14H18N4O2S/c1-9-12(21-8-15-9)14-16-13(17-20-14)11-6-18-5-3-2-4-10(18)7-19-11/h8,10-11H,2-7H2,1H3. The fraction of sp³-hybridized carbons (Fsp3) is 0.643. The predicted octanol–water partition coefficient (Wildman–Crippen LogP) is 2.43. The average Bonchev–Trinajstić information content (AvgIpc) is 3.15. The third kappa shape index (κ3) is 2.49. The van der Waals surface area contributed by atoms with Crippen LogP contribution in [0.15, 0.2) is 10.0 Å². The summed E-state index contributed by atoms with van der Waals surface area (Å²) in [6.45, 7) is 4.74. The van der Waals surface area contributed by atoms with Crippen LogP contribution in [0.3, 0.4) is 0 Å². The highest BCUT2D eigenvalue weighted by molar-refractivity contribution is 7.13. The second-order valence-corrected chi connectivity index (χ2v) is 6.55. The minimum absolute atomic E-state index is 0.0786. The summed E-state index contributed by atoms with van der Waals surface area (Å²) in [5.74, 6) is 1.20. The van der Waals surface area contributed by atoms with Crippen LogP contribution in [-0.2, 0) is 4.74 Å². The number of morpholine rings is 1. The van der Waals surface area contributed by atoms with Gasteiger partial charge in [0.2, 0.25) is 5.82 Å². The zero-order valence-corrected chi connectivity index (χ0v) is 12.8. The Morgan fingerprint density at radius 3 is 3.19 bits per heavy atom. The molecule has 0 bridgehead atoms. The van der Waals surface area contributed by atoms with Crippen molar-refractivity contribution >= 4 is 11.3 Å². The van der Waals surface area contributed by atoms with Gasteiger partial charge in [-0.15, -0.1) is 11.3 Å². The fourth-order valence-electron chi connectivity index (χ4n) is 3.10. The molecule has 0 saturated carbocycles. The molecule has 2 saturated heterocycles. The molecule has 4 heterocycles. The van der Waals surface area contributed by atoms with Gasteiger partial charge in [0, 0.05) is 12.6 Å². The Morgan fingerprint density at radius 1 is 1.38 bits per heavy atom. The Kier molecular flexibility index (Phi) is 3.48. The molecule has 0 amide bonds. The highest BCUT2D eigenvalue weighted by Crippen LogP contribution is 2.31. The molecular weight excluding hydrogens is 288 g/mol. The summed E-state index contributed by atoms with van der Waals surface area (Å²) >= 11 is 1.52. The minimum atomic E-state index is -0.0786. The van der Waals surface area contributed by atoms with Crippen molar-refractivity contribution in [2.24, 2.45) is 0 Å². The quantitative estimate of drug-likeness (QED) is 0.849. The third-order valence-corrected chi connectivity index (χ3v) is 5.23. The number of hydrogen-bond acceptors (Lipinski definition) is 7. The number of nitrogens with zero attached hydrogens (tertiary/aromatic N) is 4. The number of piperidine rings is 1. The lowest BCUT2D eigenvalue weighted by Gasteiger charge is -2.41. The molecule has 2 aromatic rings. The molecule has 0 N–H and O–H groups in total. The van der Waals surface area contributed by atoms with Crippen LogP contribution in [0.25, 0.3) is 10.8 Å². The summed E-state index contributed by atoms with van der Waals surface area (Å²) in [5, 5.41) is 4.12. The predicted molar refractivity (Wildman–Crippen MR) is 78.0 cm³/mol. The van der Waals surface area contributed by atoms with Gasteiger partial charge in [0.1, 0.15) is 11.0 Å². The highest BCUT2D eigenvalue weighted by atomic mass is 32.1. The van der Waals surface area contributed by atoms with E-state index in [0.717, 1.165) is 30.3 Å². The Hall–Kier alpha value is -1.31. The molecule has 2 aromatic heterocycles. The SMILES string of the molecule is Cc1ncsc1-c1nc(C2CN3CCCCC3CO2)no1. The summed E-state index contributed by atoms with van der Waals surface area (Å²) in [7, 11) is 0. The molecule has 0 spiro atoms. The van der Waals surface area contributed by atoms with E-state index in [1.807, 2.05) is 6.92 Å². The van der Waals surface area contributed by atoms with E-state index in [-0.39, 0.29) is 6.10 Å². The first-order chi connectivity index (χ1) is 10.3. The molecule has 0 aliphatic carbocycles. The first-order valence-corrected chi connectivity index (χ1v) is 8.29. The molecule has 0 aromatic carbocycles. The minimum Gasteiger partial charge on any atom is -0.367 e. The van der Waals surface area contributed by atoms with Gasteiger partial charge in [-0.05, 0) is 26.3 Å². The zero-order valence-electron chi connectivity index (χ0n) is 12.0. The van der Waals surface area contributed by atoms with Crippen LogP contribution in [0.5, 0.6) is 0 Å². The van der Waals surface area contributed by atoms with Gasteiger partial charge in [0.25, 0.3) is 5.89 Å². The number of aryl methyl sites for hydroxylation is 1. The summed E-state index contributed by atoms with van der Waals surface area (Å²) in [6, 6.07) is 0.574. The van der Waals surface area contributed by atoms with Crippen molar-refractivity contribution in [3.8, 4) is 10.8 Å². The average molecular weight is 306 g/mol. The van der Waals surface area contributed by atoms with Crippen molar-refractivity contribution in [3.05, 3.63) is 17.0 Å². The molecule has 0 radical (unpaired) electrons. The summed E-state index contributed by atoms with van der Waals surface area (Å²) < 4.78 is 11.3. The Bertz CT molecular complexity index is 626. The summed E-state index contributed by atoms with van der Waals surface area (Å²) in [6.07, 6.45) is 3.75. The molecule has 2 unspecified atom stereocenters. The van der Waals surface area contributed by atoms with Gasteiger partial charge in [0.05, 0.1) is 17.8 Å². The molecule has 2 aliphatic heterocycles. The lowest BCUT2D eigenvalue weighted by molar-refractivity contribution is -0.0805. The van der Waals surface area contributed by atoms with Crippen molar-refractivity contribution in [1.29, 1.82) is 0 Å². The monoisotopic (exact) mass is 306 g/mol.